The van der Waals surface area contributed by atoms with Crippen LogP contribution in [0.15, 0.2) is 48.6 Å². The van der Waals surface area contributed by atoms with Crippen LogP contribution in [0.1, 0.15) is 187 Å². The first-order valence-electron chi connectivity index (χ1n) is 21.5. The lowest BCUT2D eigenvalue weighted by Gasteiger charge is -2.18. The van der Waals surface area contributed by atoms with Gasteiger partial charge in [0.2, 0.25) is 11.8 Å². The van der Waals surface area contributed by atoms with Crippen molar-refractivity contribution in [1.82, 2.24) is 10.6 Å². The number of amides is 2. The minimum Gasteiger partial charge on any atom is -0.480 e. The number of aliphatic carboxylic acids is 1. The fourth-order valence-electron chi connectivity index (χ4n) is 6.02. The van der Waals surface area contributed by atoms with E-state index in [0.29, 0.717) is 12.8 Å². The summed E-state index contributed by atoms with van der Waals surface area (Å²) in [6, 6.07) is -1.39. The van der Waals surface area contributed by atoms with Crippen molar-refractivity contribution in [3.63, 3.8) is 0 Å². The molecule has 0 saturated heterocycles. The van der Waals surface area contributed by atoms with E-state index in [1.54, 1.807) is 0 Å². The van der Waals surface area contributed by atoms with Crippen molar-refractivity contribution in [3.05, 3.63) is 48.6 Å². The lowest BCUT2D eigenvalue weighted by molar-refractivity contribution is -0.150. The zero-order chi connectivity index (χ0) is 39.7. The molecule has 0 aliphatic carbocycles. The minimum atomic E-state index is -1.39. The summed E-state index contributed by atoms with van der Waals surface area (Å²) >= 11 is 0. The molecule has 0 saturated carbocycles. The molecule has 310 valence electrons. The maximum Gasteiger partial charge on any atom is 0.328 e. The number of carboxylic acid groups (broad SMARTS) is 1. The Labute approximate surface area is 328 Å². The molecule has 0 fully saturated rings. The lowest BCUT2D eigenvalue weighted by atomic mass is 10.0. The Kier molecular flexibility index (Phi) is 37.2. The molecule has 2 atom stereocenters. The predicted molar refractivity (Wildman–Crippen MR) is 222 cm³/mol. The Balaban J connectivity index is 4.42. The molecule has 0 radical (unpaired) electrons. The Hall–Kier alpha value is -3.20. The summed E-state index contributed by atoms with van der Waals surface area (Å²) < 4.78 is 5.99. The number of aliphatic hydroxyl groups excluding tert-OH is 1. The van der Waals surface area contributed by atoms with Crippen molar-refractivity contribution in [3.8, 4) is 0 Å². The van der Waals surface area contributed by atoms with Crippen molar-refractivity contribution in [1.29, 1.82) is 0 Å². The number of carbonyl (C=O) groups is 4. The molecule has 9 heteroatoms. The highest BCUT2D eigenvalue weighted by Crippen LogP contribution is 2.18. The smallest absolute Gasteiger partial charge is 0.328 e. The zero-order valence-corrected chi connectivity index (χ0v) is 34.2. The molecule has 0 rings (SSSR count). The van der Waals surface area contributed by atoms with E-state index < -0.39 is 24.5 Å². The highest BCUT2D eigenvalue weighted by atomic mass is 16.5. The van der Waals surface area contributed by atoms with Gasteiger partial charge in [-0.2, -0.15) is 0 Å². The van der Waals surface area contributed by atoms with Crippen molar-refractivity contribution >= 4 is 23.8 Å². The van der Waals surface area contributed by atoms with Crippen LogP contribution in [0.4, 0.5) is 0 Å². The number of hydrogen-bond donors (Lipinski definition) is 4. The molecule has 0 aromatic heterocycles. The van der Waals surface area contributed by atoms with Gasteiger partial charge in [-0.1, -0.05) is 133 Å². The summed E-state index contributed by atoms with van der Waals surface area (Å²) in [5.41, 5.74) is 0. The van der Waals surface area contributed by atoms with Crippen LogP contribution in [0.25, 0.3) is 0 Å². The SMILES string of the molecule is CC/C=C\C/C=C\C/C=C\CCCCCC(=O)OC(CCC/C=C\CCCCCCCCCC)CCCCCCCC(=O)NCC(=O)NC(CO)C(=O)O. The molecule has 9 nitrogen and oxygen atoms in total. The van der Waals surface area contributed by atoms with Gasteiger partial charge in [-0.05, 0) is 89.9 Å². The molecule has 0 aliphatic heterocycles. The van der Waals surface area contributed by atoms with Crippen LogP contribution in [0.2, 0.25) is 0 Å². The number of carbonyl (C=O) groups excluding carboxylic acids is 3. The van der Waals surface area contributed by atoms with E-state index in [-0.39, 0.29) is 30.9 Å². The summed E-state index contributed by atoms with van der Waals surface area (Å²) in [6.07, 6.45) is 45.6. The van der Waals surface area contributed by atoms with E-state index in [2.05, 4.69) is 73.1 Å². The second kappa shape index (κ2) is 39.5. The summed E-state index contributed by atoms with van der Waals surface area (Å²) in [5, 5.41) is 22.5. The summed E-state index contributed by atoms with van der Waals surface area (Å²) in [4.78, 5) is 47.5. The first-order valence-corrected chi connectivity index (χ1v) is 21.5. The molecule has 0 aliphatic rings. The van der Waals surface area contributed by atoms with Gasteiger partial charge < -0.3 is 25.6 Å². The first-order chi connectivity index (χ1) is 26.3. The lowest BCUT2D eigenvalue weighted by Crippen LogP contribution is -2.47. The third kappa shape index (κ3) is 35.8. The van der Waals surface area contributed by atoms with Gasteiger partial charge in [0.05, 0.1) is 13.2 Å². The standard InChI is InChI=1S/C45H78N2O7/c1-3-5-7-9-11-13-15-17-19-21-23-26-30-34-40(54-44(51)37-33-29-24-22-20-18-16-14-12-10-8-6-4-2)35-31-27-25-28-32-36-42(49)46-38-43(50)47-41(39-48)45(52)53/h6,8,12,14,18,20-21,23,40-41,48H,3-5,7,9-11,13,15-17,19,22,24-39H2,1-2H3,(H,46,49)(H,47,50)(H,52,53)/b8-6-,14-12-,20-18-,23-21-. The third-order valence-corrected chi connectivity index (χ3v) is 9.31. The third-order valence-electron chi connectivity index (χ3n) is 9.31. The number of aliphatic hydroxyl groups is 1. The number of unbranched alkanes of at least 4 members (excludes halogenated alkanes) is 16. The van der Waals surface area contributed by atoms with Gasteiger partial charge in [0.15, 0.2) is 0 Å². The van der Waals surface area contributed by atoms with Gasteiger partial charge in [-0.3, -0.25) is 14.4 Å². The highest BCUT2D eigenvalue weighted by Gasteiger charge is 2.19. The van der Waals surface area contributed by atoms with Crippen molar-refractivity contribution in [2.75, 3.05) is 13.2 Å². The molecule has 2 amide bonds. The average Bonchev–Trinajstić information content (AvgIpc) is 3.15. The van der Waals surface area contributed by atoms with Crippen LogP contribution in [-0.4, -0.2) is 59.3 Å². The van der Waals surface area contributed by atoms with E-state index in [1.165, 1.54) is 51.4 Å². The molecule has 0 spiro atoms. The topological polar surface area (TPSA) is 142 Å². The second-order valence-corrected chi connectivity index (χ2v) is 14.4. The molecule has 2 unspecified atom stereocenters. The monoisotopic (exact) mass is 759 g/mol. The molecule has 4 N–H and O–H groups in total. The van der Waals surface area contributed by atoms with Crippen LogP contribution >= 0.6 is 0 Å². The summed E-state index contributed by atoms with van der Waals surface area (Å²) in [5.74, 6) is -2.35. The highest BCUT2D eigenvalue weighted by molar-refractivity contribution is 5.87. The molecular weight excluding hydrogens is 681 g/mol. The second-order valence-electron chi connectivity index (χ2n) is 14.4. The Bertz CT molecular complexity index is 1050. The van der Waals surface area contributed by atoms with E-state index in [9.17, 15) is 19.2 Å². The number of ether oxygens (including phenoxy) is 1. The molecule has 0 bridgehead atoms. The maximum atomic E-state index is 12.8. The molecule has 0 aromatic rings. The summed E-state index contributed by atoms with van der Waals surface area (Å²) in [6.45, 7) is 3.35. The molecule has 54 heavy (non-hydrogen) atoms. The maximum absolute atomic E-state index is 12.8. The minimum absolute atomic E-state index is 0.0597. The van der Waals surface area contributed by atoms with Crippen LogP contribution in [0, 0.1) is 0 Å². The quantitative estimate of drug-likeness (QED) is 0.0279. The van der Waals surface area contributed by atoms with Gasteiger partial charge in [0, 0.05) is 12.8 Å². The Morgan fingerprint density at radius 3 is 1.70 bits per heavy atom. The normalized spacial score (nSPS) is 12.9. The fourth-order valence-corrected chi connectivity index (χ4v) is 6.02. The van der Waals surface area contributed by atoms with Crippen LogP contribution in [0.3, 0.4) is 0 Å². The van der Waals surface area contributed by atoms with Crippen molar-refractivity contribution < 1.29 is 34.1 Å². The van der Waals surface area contributed by atoms with Gasteiger partial charge in [-0.25, -0.2) is 4.79 Å². The van der Waals surface area contributed by atoms with Crippen molar-refractivity contribution in [2.45, 2.75) is 199 Å². The zero-order valence-electron chi connectivity index (χ0n) is 34.2. The van der Waals surface area contributed by atoms with Gasteiger partial charge >= 0.3 is 11.9 Å². The molecule has 0 heterocycles. The van der Waals surface area contributed by atoms with E-state index >= 15 is 0 Å². The summed E-state index contributed by atoms with van der Waals surface area (Å²) in [7, 11) is 0. The van der Waals surface area contributed by atoms with Gasteiger partial charge in [0.1, 0.15) is 12.1 Å². The van der Waals surface area contributed by atoms with E-state index in [0.717, 1.165) is 103 Å². The van der Waals surface area contributed by atoms with Gasteiger partial charge in [-0.15, -0.1) is 0 Å². The Morgan fingerprint density at radius 2 is 1.07 bits per heavy atom. The fraction of sp³-hybridized carbons (Fsp3) is 0.733. The van der Waals surface area contributed by atoms with Gasteiger partial charge in [0.25, 0.3) is 0 Å². The van der Waals surface area contributed by atoms with Crippen LogP contribution in [0.5, 0.6) is 0 Å². The number of allylic oxidation sites excluding steroid dienone is 8. The first kappa shape index (κ1) is 50.8. The largest absolute Gasteiger partial charge is 0.480 e. The molecular formula is C45H78N2O7. The average molecular weight is 759 g/mol. The van der Waals surface area contributed by atoms with Crippen LogP contribution < -0.4 is 10.6 Å². The number of hydrogen-bond acceptors (Lipinski definition) is 6. The number of esters is 1. The number of carboxylic acids is 1. The van der Waals surface area contributed by atoms with Crippen LogP contribution in [-0.2, 0) is 23.9 Å². The predicted octanol–water partition coefficient (Wildman–Crippen LogP) is 10.4. The molecule has 0 aromatic carbocycles. The Morgan fingerprint density at radius 1 is 0.574 bits per heavy atom. The number of rotatable bonds is 38. The van der Waals surface area contributed by atoms with Crippen molar-refractivity contribution in [2.24, 2.45) is 0 Å². The number of nitrogens with one attached hydrogen (secondary N) is 2. The van der Waals surface area contributed by atoms with E-state index in [1.807, 2.05) is 0 Å². The van der Waals surface area contributed by atoms with E-state index in [4.69, 9.17) is 14.9 Å².